The number of aliphatic hydroxyl groups is 1. The highest BCUT2D eigenvalue weighted by atomic mass is 32.2. The standard InChI is InChI=1S/C20H34N2O3S/c1-22(13-8-14-26(24,25)18-11-6-3-7-12-18)16-20(23)19(21)15-17-9-4-2-5-10-17/h3,6-7,11-12,17,19-20,23H,2,4-5,8-10,13-16,21H2,1H3/t19-,20-/m0/s1. The van der Waals surface area contributed by atoms with Gasteiger partial charge in [0.1, 0.15) is 0 Å². The summed E-state index contributed by atoms with van der Waals surface area (Å²) in [6.45, 7) is 1.11. The molecule has 148 valence electrons. The quantitative estimate of drug-likeness (QED) is 0.649. The van der Waals surface area contributed by atoms with Gasteiger partial charge in [-0.25, -0.2) is 8.42 Å². The van der Waals surface area contributed by atoms with E-state index in [4.69, 9.17) is 5.73 Å². The van der Waals surface area contributed by atoms with Gasteiger partial charge in [0.25, 0.3) is 0 Å². The van der Waals surface area contributed by atoms with E-state index < -0.39 is 15.9 Å². The van der Waals surface area contributed by atoms with Crippen LogP contribution in [0.1, 0.15) is 44.9 Å². The van der Waals surface area contributed by atoms with Crippen LogP contribution >= 0.6 is 0 Å². The van der Waals surface area contributed by atoms with Crippen LogP contribution in [0.5, 0.6) is 0 Å². The van der Waals surface area contributed by atoms with E-state index in [9.17, 15) is 13.5 Å². The number of nitrogens with two attached hydrogens (primary N) is 1. The minimum atomic E-state index is -3.23. The van der Waals surface area contributed by atoms with Crippen molar-refractivity contribution in [3.63, 3.8) is 0 Å². The fourth-order valence-corrected chi connectivity index (χ4v) is 5.10. The number of benzene rings is 1. The van der Waals surface area contributed by atoms with Crippen LogP contribution in [0.4, 0.5) is 0 Å². The Morgan fingerprint density at radius 2 is 1.85 bits per heavy atom. The van der Waals surface area contributed by atoms with Gasteiger partial charge in [0, 0.05) is 12.6 Å². The lowest BCUT2D eigenvalue weighted by atomic mass is 9.84. The second kappa shape index (κ2) is 10.4. The molecular formula is C20H34N2O3S. The molecule has 0 unspecified atom stereocenters. The summed E-state index contributed by atoms with van der Waals surface area (Å²) in [5.41, 5.74) is 6.20. The Labute approximate surface area is 158 Å². The van der Waals surface area contributed by atoms with Crippen LogP contribution in [0.25, 0.3) is 0 Å². The van der Waals surface area contributed by atoms with Gasteiger partial charge < -0.3 is 15.7 Å². The van der Waals surface area contributed by atoms with E-state index in [0.29, 0.717) is 30.3 Å². The number of hydrogen-bond donors (Lipinski definition) is 2. The van der Waals surface area contributed by atoms with Crippen molar-refractivity contribution in [2.45, 2.75) is 62.0 Å². The van der Waals surface area contributed by atoms with Crippen LogP contribution in [-0.2, 0) is 9.84 Å². The predicted octanol–water partition coefficient (Wildman–Crippen LogP) is 2.44. The average molecular weight is 383 g/mol. The van der Waals surface area contributed by atoms with Crippen molar-refractivity contribution in [3.8, 4) is 0 Å². The molecule has 5 nitrogen and oxygen atoms in total. The van der Waals surface area contributed by atoms with E-state index >= 15 is 0 Å². The fourth-order valence-electron chi connectivity index (χ4n) is 3.78. The van der Waals surface area contributed by atoms with E-state index in [1.807, 2.05) is 18.0 Å². The van der Waals surface area contributed by atoms with Crippen LogP contribution < -0.4 is 5.73 Å². The van der Waals surface area contributed by atoms with Gasteiger partial charge in [-0.2, -0.15) is 0 Å². The van der Waals surface area contributed by atoms with Crippen molar-refractivity contribution in [1.29, 1.82) is 0 Å². The number of nitrogens with zero attached hydrogens (tertiary/aromatic N) is 1. The molecular weight excluding hydrogens is 348 g/mol. The molecule has 0 aliphatic heterocycles. The maximum absolute atomic E-state index is 12.3. The number of likely N-dealkylation sites (N-methyl/N-ethyl adjacent to an activating group) is 1. The number of hydrogen-bond acceptors (Lipinski definition) is 5. The Morgan fingerprint density at radius 3 is 2.50 bits per heavy atom. The molecule has 0 saturated heterocycles. The fraction of sp³-hybridized carbons (Fsp3) is 0.700. The number of sulfone groups is 1. The Kier molecular flexibility index (Phi) is 8.54. The van der Waals surface area contributed by atoms with Crippen molar-refractivity contribution in [3.05, 3.63) is 30.3 Å². The molecule has 1 aliphatic rings. The van der Waals surface area contributed by atoms with E-state index in [0.717, 1.165) is 6.42 Å². The minimum absolute atomic E-state index is 0.117. The van der Waals surface area contributed by atoms with Crippen molar-refractivity contribution >= 4 is 9.84 Å². The molecule has 2 rings (SSSR count). The van der Waals surface area contributed by atoms with Gasteiger partial charge in [0.2, 0.25) is 0 Å². The van der Waals surface area contributed by atoms with Gasteiger partial charge in [-0.1, -0.05) is 50.3 Å². The highest BCUT2D eigenvalue weighted by Crippen LogP contribution is 2.27. The molecule has 0 amide bonds. The zero-order chi connectivity index (χ0) is 19.0. The van der Waals surface area contributed by atoms with Crippen LogP contribution in [0.15, 0.2) is 35.2 Å². The number of rotatable bonds is 10. The lowest BCUT2D eigenvalue weighted by Gasteiger charge is -2.29. The van der Waals surface area contributed by atoms with E-state index in [2.05, 4.69) is 0 Å². The Balaban J connectivity index is 1.69. The van der Waals surface area contributed by atoms with Crippen LogP contribution in [-0.4, -0.2) is 56.5 Å². The van der Waals surface area contributed by atoms with Gasteiger partial charge in [0.05, 0.1) is 16.8 Å². The lowest BCUT2D eigenvalue weighted by Crippen LogP contribution is -2.44. The van der Waals surface area contributed by atoms with Crippen LogP contribution in [0, 0.1) is 5.92 Å². The van der Waals surface area contributed by atoms with Gasteiger partial charge in [-0.15, -0.1) is 0 Å². The monoisotopic (exact) mass is 382 g/mol. The highest BCUT2D eigenvalue weighted by molar-refractivity contribution is 7.91. The minimum Gasteiger partial charge on any atom is -0.390 e. The molecule has 0 bridgehead atoms. The first-order chi connectivity index (χ1) is 12.4. The molecule has 1 aromatic carbocycles. The zero-order valence-corrected chi connectivity index (χ0v) is 16.7. The summed E-state index contributed by atoms with van der Waals surface area (Å²) in [6, 6.07) is 8.35. The summed E-state index contributed by atoms with van der Waals surface area (Å²) in [6.07, 6.45) is 7.21. The Hall–Kier alpha value is -0.950. The summed E-state index contributed by atoms with van der Waals surface area (Å²) in [4.78, 5) is 2.35. The normalized spacial score (nSPS) is 18.8. The summed E-state index contributed by atoms with van der Waals surface area (Å²) in [7, 11) is -1.33. The Morgan fingerprint density at radius 1 is 1.19 bits per heavy atom. The molecule has 6 heteroatoms. The molecule has 0 spiro atoms. The summed E-state index contributed by atoms with van der Waals surface area (Å²) in [5, 5.41) is 10.4. The van der Waals surface area contributed by atoms with Gasteiger partial charge in [-0.05, 0) is 44.5 Å². The molecule has 26 heavy (non-hydrogen) atoms. The van der Waals surface area contributed by atoms with E-state index in [1.165, 1.54) is 32.1 Å². The Bertz CT molecular complexity index is 615. The summed E-state index contributed by atoms with van der Waals surface area (Å²) in [5.74, 6) is 0.765. The first-order valence-corrected chi connectivity index (χ1v) is 11.4. The van der Waals surface area contributed by atoms with Gasteiger partial charge in [-0.3, -0.25) is 0 Å². The maximum Gasteiger partial charge on any atom is 0.178 e. The van der Waals surface area contributed by atoms with Crippen molar-refractivity contribution in [2.75, 3.05) is 25.9 Å². The molecule has 0 heterocycles. The third-order valence-corrected chi connectivity index (χ3v) is 7.19. The van der Waals surface area contributed by atoms with E-state index in [-0.39, 0.29) is 11.8 Å². The molecule has 0 radical (unpaired) electrons. The van der Waals surface area contributed by atoms with Gasteiger partial charge in [0.15, 0.2) is 9.84 Å². The molecule has 1 aliphatic carbocycles. The highest BCUT2D eigenvalue weighted by Gasteiger charge is 2.22. The van der Waals surface area contributed by atoms with E-state index in [1.54, 1.807) is 24.3 Å². The topological polar surface area (TPSA) is 83.6 Å². The molecule has 1 saturated carbocycles. The van der Waals surface area contributed by atoms with Crippen LogP contribution in [0.3, 0.4) is 0 Å². The SMILES string of the molecule is CN(CCCS(=O)(=O)c1ccccc1)C[C@H](O)[C@@H](N)CC1CCCCC1. The third kappa shape index (κ3) is 6.99. The second-order valence-corrected chi connectivity index (χ2v) is 9.83. The first kappa shape index (κ1) is 21.4. The smallest absolute Gasteiger partial charge is 0.178 e. The molecule has 3 N–H and O–H groups in total. The summed E-state index contributed by atoms with van der Waals surface area (Å²) < 4.78 is 24.6. The lowest BCUT2D eigenvalue weighted by molar-refractivity contribution is 0.0901. The predicted molar refractivity (Wildman–Crippen MR) is 106 cm³/mol. The molecule has 2 atom stereocenters. The van der Waals surface area contributed by atoms with Crippen molar-refractivity contribution in [2.24, 2.45) is 11.7 Å². The average Bonchev–Trinajstić information content (AvgIpc) is 2.63. The molecule has 0 aromatic heterocycles. The third-order valence-electron chi connectivity index (χ3n) is 5.38. The van der Waals surface area contributed by atoms with Crippen LogP contribution in [0.2, 0.25) is 0 Å². The summed E-state index contributed by atoms with van der Waals surface area (Å²) >= 11 is 0. The maximum atomic E-state index is 12.3. The van der Waals surface area contributed by atoms with Crippen molar-refractivity contribution < 1.29 is 13.5 Å². The molecule has 1 aromatic rings. The largest absolute Gasteiger partial charge is 0.390 e. The second-order valence-electron chi connectivity index (χ2n) is 7.72. The van der Waals surface area contributed by atoms with Gasteiger partial charge >= 0.3 is 0 Å². The number of aliphatic hydroxyl groups excluding tert-OH is 1. The first-order valence-electron chi connectivity index (χ1n) is 9.78. The zero-order valence-electron chi connectivity index (χ0n) is 15.9. The molecule has 1 fully saturated rings. The van der Waals surface area contributed by atoms with Crippen molar-refractivity contribution in [1.82, 2.24) is 4.90 Å².